The highest BCUT2D eigenvalue weighted by Gasteiger charge is 2.30. The minimum Gasteiger partial charge on any atom is -0.326 e. The highest BCUT2D eigenvalue weighted by molar-refractivity contribution is 7.99. The molecule has 0 bridgehead atoms. The summed E-state index contributed by atoms with van der Waals surface area (Å²) in [6.45, 7) is 0. The first-order chi connectivity index (χ1) is 15.1. The number of anilines is 2. The van der Waals surface area contributed by atoms with E-state index in [4.69, 9.17) is 0 Å². The number of alkyl halides is 3. The van der Waals surface area contributed by atoms with Crippen molar-refractivity contribution in [1.82, 2.24) is 14.8 Å². The number of amides is 2. The van der Waals surface area contributed by atoms with Crippen LogP contribution in [0.1, 0.15) is 11.4 Å². The summed E-state index contributed by atoms with van der Waals surface area (Å²) < 4.78 is 53.5. The van der Waals surface area contributed by atoms with Crippen LogP contribution >= 0.6 is 11.8 Å². The molecule has 7 nitrogen and oxygen atoms in total. The van der Waals surface area contributed by atoms with Crippen molar-refractivity contribution in [2.75, 3.05) is 16.4 Å². The zero-order chi connectivity index (χ0) is 23.3. The fourth-order valence-electron chi connectivity index (χ4n) is 2.63. The van der Waals surface area contributed by atoms with Gasteiger partial charge in [-0.3, -0.25) is 9.59 Å². The van der Waals surface area contributed by atoms with E-state index in [2.05, 4.69) is 20.8 Å². The van der Waals surface area contributed by atoms with E-state index in [1.807, 2.05) is 0 Å². The average Bonchev–Trinajstić information content (AvgIpc) is 3.07. The number of para-hydroxylation sites is 1. The number of hydrogen-bond acceptors (Lipinski definition) is 5. The molecule has 0 aliphatic rings. The first kappa shape index (κ1) is 23.3. The molecule has 0 unspecified atom stereocenters. The number of hydrogen-bond donors (Lipinski definition) is 2. The molecule has 0 saturated heterocycles. The summed E-state index contributed by atoms with van der Waals surface area (Å²) in [4.78, 5) is 24.3. The van der Waals surface area contributed by atoms with Crippen molar-refractivity contribution < 1.29 is 27.2 Å². The Bertz CT molecular complexity index is 1130. The molecule has 168 valence electrons. The Hall–Kier alpha value is -3.41. The van der Waals surface area contributed by atoms with Crippen molar-refractivity contribution in [3.8, 4) is 0 Å². The van der Waals surface area contributed by atoms with Crippen LogP contribution in [-0.2, 0) is 29.2 Å². The third-order valence-electron chi connectivity index (χ3n) is 4.20. The van der Waals surface area contributed by atoms with Crippen LogP contribution in [0.3, 0.4) is 0 Å². The minimum atomic E-state index is -4.52. The van der Waals surface area contributed by atoms with Crippen LogP contribution in [0.4, 0.5) is 28.9 Å². The quantitative estimate of drug-likeness (QED) is 0.407. The van der Waals surface area contributed by atoms with Gasteiger partial charge in [-0.05, 0) is 30.3 Å². The Kier molecular flexibility index (Phi) is 7.13. The van der Waals surface area contributed by atoms with E-state index in [1.165, 1.54) is 34.9 Å². The number of nitrogens with zero attached hydrogens (tertiary/aromatic N) is 3. The lowest BCUT2D eigenvalue weighted by Gasteiger charge is -2.10. The molecule has 3 aromatic rings. The number of thioether (sulfide) groups is 1. The number of nitrogens with one attached hydrogen (secondary N) is 2. The Morgan fingerprint density at radius 3 is 2.50 bits per heavy atom. The number of carbonyl (C=O) groups is 2. The molecule has 0 radical (unpaired) electrons. The monoisotopic (exact) mass is 467 g/mol. The summed E-state index contributed by atoms with van der Waals surface area (Å²) in [5.74, 6) is -1.40. The molecule has 12 heteroatoms. The summed E-state index contributed by atoms with van der Waals surface area (Å²) in [5, 5.41) is 13.0. The predicted octanol–water partition coefficient (Wildman–Crippen LogP) is 3.89. The normalized spacial score (nSPS) is 11.3. The molecule has 1 aromatic heterocycles. The molecule has 2 N–H and O–H groups in total. The first-order valence-electron chi connectivity index (χ1n) is 9.16. The van der Waals surface area contributed by atoms with Crippen molar-refractivity contribution in [3.63, 3.8) is 0 Å². The van der Waals surface area contributed by atoms with Gasteiger partial charge in [-0.25, -0.2) is 4.39 Å². The third kappa shape index (κ3) is 6.06. The van der Waals surface area contributed by atoms with Crippen LogP contribution in [-0.4, -0.2) is 32.3 Å². The van der Waals surface area contributed by atoms with Gasteiger partial charge in [0.2, 0.25) is 11.8 Å². The maximum atomic E-state index is 13.6. The Morgan fingerprint density at radius 1 is 1.03 bits per heavy atom. The molecular weight excluding hydrogens is 450 g/mol. The molecule has 0 aliphatic carbocycles. The van der Waals surface area contributed by atoms with E-state index in [0.717, 1.165) is 23.9 Å². The Labute approximate surface area is 184 Å². The minimum absolute atomic E-state index is 0.00593. The lowest BCUT2D eigenvalue weighted by atomic mass is 10.2. The Morgan fingerprint density at radius 2 is 1.78 bits per heavy atom. The number of benzene rings is 2. The van der Waals surface area contributed by atoms with Crippen molar-refractivity contribution in [2.45, 2.75) is 17.8 Å². The molecule has 0 spiro atoms. The van der Waals surface area contributed by atoms with E-state index < -0.39 is 29.4 Å². The summed E-state index contributed by atoms with van der Waals surface area (Å²) in [5.41, 5.74) is -0.810. The third-order valence-corrected chi connectivity index (χ3v) is 5.22. The predicted molar refractivity (Wildman–Crippen MR) is 111 cm³/mol. The van der Waals surface area contributed by atoms with Gasteiger partial charge in [0.15, 0.2) is 5.16 Å². The maximum absolute atomic E-state index is 13.6. The standard InChI is InChI=1S/C20H17F4N5O2S/c1-29-16(10-17(30)25-13-6-4-5-12(9-13)20(22,23)24)27-28-19(29)32-11-18(31)26-15-8-3-2-7-14(15)21/h2-9H,10-11H2,1H3,(H,25,30)(H,26,31). The van der Waals surface area contributed by atoms with Gasteiger partial charge < -0.3 is 15.2 Å². The molecule has 3 rings (SSSR count). The summed E-state index contributed by atoms with van der Waals surface area (Å²) in [6, 6.07) is 10.0. The molecule has 0 saturated carbocycles. The van der Waals surface area contributed by atoms with Crippen LogP contribution < -0.4 is 10.6 Å². The molecule has 32 heavy (non-hydrogen) atoms. The van der Waals surface area contributed by atoms with Gasteiger partial charge >= 0.3 is 6.18 Å². The lowest BCUT2D eigenvalue weighted by Crippen LogP contribution is -2.18. The zero-order valence-electron chi connectivity index (χ0n) is 16.6. The molecule has 0 fully saturated rings. The van der Waals surface area contributed by atoms with E-state index in [0.29, 0.717) is 5.16 Å². The second-order valence-corrected chi connectivity index (χ2v) is 7.52. The van der Waals surface area contributed by atoms with Crippen LogP contribution in [0.2, 0.25) is 0 Å². The van der Waals surface area contributed by atoms with Gasteiger partial charge in [0.05, 0.1) is 23.4 Å². The Balaban J connectivity index is 1.56. The first-order valence-corrected chi connectivity index (χ1v) is 10.1. The molecule has 2 amide bonds. The number of aromatic nitrogens is 3. The van der Waals surface area contributed by atoms with Gasteiger partial charge in [-0.2, -0.15) is 13.2 Å². The number of halogens is 4. The topological polar surface area (TPSA) is 88.9 Å². The molecule has 0 atom stereocenters. The van der Waals surface area contributed by atoms with Crippen molar-refractivity contribution >= 4 is 35.0 Å². The van der Waals surface area contributed by atoms with E-state index in [1.54, 1.807) is 13.1 Å². The number of rotatable bonds is 7. The maximum Gasteiger partial charge on any atom is 0.416 e. The van der Waals surface area contributed by atoms with Crippen molar-refractivity contribution in [1.29, 1.82) is 0 Å². The van der Waals surface area contributed by atoms with Crippen LogP contribution in [0.15, 0.2) is 53.7 Å². The van der Waals surface area contributed by atoms with Gasteiger partial charge in [0.1, 0.15) is 11.6 Å². The van der Waals surface area contributed by atoms with Gasteiger partial charge in [0.25, 0.3) is 0 Å². The lowest BCUT2D eigenvalue weighted by molar-refractivity contribution is -0.137. The smallest absolute Gasteiger partial charge is 0.326 e. The van der Waals surface area contributed by atoms with Gasteiger partial charge in [-0.1, -0.05) is 30.0 Å². The second kappa shape index (κ2) is 9.81. The summed E-state index contributed by atoms with van der Waals surface area (Å²) >= 11 is 1.03. The van der Waals surface area contributed by atoms with Crippen molar-refractivity contribution in [3.05, 3.63) is 65.7 Å². The molecule has 2 aromatic carbocycles. The highest BCUT2D eigenvalue weighted by atomic mass is 32.2. The van der Waals surface area contributed by atoms with Crippen LogP contribution in [0, 0.1) is 5.82 Å². The van der Waals surface area contributed by atoms with E-state index >= 15 is 0 Å². The highest BCUT2D eigenvalue weighted by Crippen LogP contribution is 2.30. The second-order valence-electron chi connectivity index (χ2n) is 6.58. The number of carbonyl (C=O) groups excluding carboxylic acids is 2. The van der Waals surface area contributed by atoms with Crippen LogP contribution in [0.5, 0.6) is 0 Å². The van der Waals surface area contributed by atoms with Crippen LogP contribution in [0.25, 0.3) is 0 Å². The summed E-state index contributed by atoms with van der Waals surface area (Å²) in [6.07, 6.45) is -4.75. The van der Waals surface area contributed by atoms with Gasteiger partial charge in [0, 0.05) is 12.7 Å². The molecular formula is C20H17F4N5O2S. The van der Waals surface area contributed by atoms with E-state index in [9.17, 15) is 27.2 Å². The van der Waals surface area contributed by atoms with E-state index in [-0.39, 0.29) is 29.4 Å². The average molecular weight is 467 g/mol. The fraction of sp³-hybridized carbons (Fsp3) is 0.200. The fourth-order valence-corrected chi connectivity index (χ4v) is 3.36. The molecule has 0 aliphatic heterocycles. The van der Waals surface area contributed by atoms with Crippen molar-refractivity contribution in [2.24, 2.45) is 7.05 Å². The zero-order valence-corrected chi connectivity index (χ0v) is 17.4. The SMILES string of the molecule is Cn1c(CC(=O)Nc2cccc(C(F)(F)F)c2)nnc1SCC(=O)Nc1ccccc1F. The largest absolute Gasteiger partial charge is 0.416 e. The molecule has 1 heterocycles. The summed E-state index contributed by atoms with van der Waals surface area (Å²) in [7, 11) is 1.59. The van der Waals surface area contributed by atoms with Gasteiger partial charge in [-0.15, -0.1) is 10.2 Å².